The van der Waals surface area contributed by atoms with Crippen LogP contribution < -0.4 is 0 Å². The number of hydrogen-bond donors (Lipinski definition) is 0. The van der Waals surface area contributed by atoms with Crippen molar-refractivity contribution in [2.24, 2.45) is 0 Å². The molecular weight excluding hydrogens is 388 g/mol. The molecule has 0 aliphatic carbocycles. The van der Waals surface area contributed by atoms with E-state index < -0.39 is 11.7 Å². The average molecular weight is 409 g/mol. The first-order chi connectivity index (χ1) is 9.73. The highest BCUT2D eigenvalue weighted by molar-refractivity contribution is 14.1. The molecule has 0 saturated heterocycles. The minimum Gasteiger partial charge on any atom is -0.444 e. The number of ether oxygens (including phenoxy) is 2. The maximum atomic E-state index is 13.4. The second kappa shape index (κ2) is 7.93. The zero-order valence-corrected chi connectivity index (χ0v) is 14.9. The van der Waals surface area contributed by atoms with Gasteiger partial charge in [0.05, 0.1) is 13.2 Å². The van der Waals surface area contributed by atoms with Crippen LogP contribution in [0.4, 0.5) is 9.18 Å². The SMILES string of the molecule is COCCN(Cc1cc(F)ccc1I)C(=O)OC(C)(C)C. The summed E-state index contributed by atoms with van der Waals surface area (Å²) in [5.41, 5.74) is 0.176. The second-order valence-electron chi connectivity index (χ2n) is 5.63. The van der Waals surface area contributed by atoms with Crippen molar-refractivity contribution in [2.45, 2.75) is 32.9 Å². The van der Waals surface area contributed by atoms with Gasteiger partial charge in [-0.1, -0.05) is 0 Å². The van der Waals surface area contributed by atoms with Crippen LogP contribution in [0.1, 0.15) is 26.3 Å². The fourth-order valence-electron chi connectivity index (χ4n) is 1.63. The van der Waals surface area contributed by atoms with E-state index in [9.17, 15) is 9.18 Å². The Hall–Kier alpha value is -0.890. The summed E-state index contributed by atoms with van der Waals surface area (Å²) in [6, 6.07) is 4.53. The van der Waals surface area contributed by atoms with Crippen LogP contribution in [-0.4, -0.2) is 36.9 Å². The quantitative estimate of drug-likeness (QED) is 0.695. The van der Waals surface area contributed by atoms with Crippen LogP contribution in [0.15, 0.2) is 18.2 Å². The van der Waals surface area contributed by atoms with E-state index in [1.54, 1.807) is 13.2 Å². The van der Waals surface area contributed by atoms with Gasteiger partial charge in [0.1, 0.15) is 11.4 Å². The molecule has 118 valence electrons. The van der Waals surface area contributed by atoms with Crippen molar-refractivity contribution in [2.75, 3.05) is 20.3 Å². The van der Waals surface area contributed by atoms with Crippen LogP contribution in [0.25, 0.3) is 0 Å². The number of methoxy groups -OCH3 is 1. The lowest BCUT2D eigenvalue weighted by molar-refractivity contribution is 0.0183. The predicted octanol–water partition coefficient (Wildman–Crippen LogP) is 3.81. The molecule has 0 radical (unpaired) electrons. The highest BCUT2D eigenvalue weighted by Crippen LogP contribution is 2.18. The highest BCUT2D eigenvalue weighted by atomic mass is 127. The van der Waals surface area contributed by atoms with Crippen molar-refractivity contribution in [3.05, 3.63) is 33.1 Å². The summed E-state index contributed by atoms with van der Waals surface area (Å²) in [6.07, 6.45) is -0.431. The molecule has 4 nitrogen and oxygen atoms in total. The number of hydrogen-bond acceptors (Lipinski definition) is 3. The van der Waals surface area contributed by atoms with Gasteiger partial charge in [-0.05, 0) is 67.1 Å². The molecule has 0 aliphatic rings. The van der Waals surface area contributed by atoms with Crippen molar-refractivity contribution in [3.8, 4) is 0 Å². The third kappa shape index (κ3) is 6.60. The Morgan fingerprint density at radius 3 is 2.62 bits per heavy atom. The number of carbonyl (C=O) groups excluding carboxylic acids is 1. The lowest BCUT2D eigenvalue weighted by Gasteiger charge is -2.27. The summed E-state index contributed by atoms with van der Waals surface area (Å²) in [4.78, 5) is 13.7. The van der Waals surface area contributed by atoms with E-state index in [0.717, 1.165) is 9.13 Å². The molecular formula is C15H21FINO3. The van der Waals surface area contributed by atoms with Gasteiger partial charge in [0, 0.05) is 17.2 Å². The van der Waals surface area contributed by atoms with Crippen molar-refractivity contribution in [1.29, 1.82) is 0 Å². The number of halogens is 2. The number of carbonyl (C=O) groups is 1. The van der Waals surface area contributed by atoms with Crippen LogP contribution in [0.2, 0.25) is 0 Å². The van der Waals surface area contributed by atoms with Gasteiger partial charge >= 0.3 is 6.09 Å². The summed E-state index contributed by atoms with van der Waals surface area (Å²) in [5.74, 6) is -0.318. The average Bonchev–Trinajstić information content (AvgIpc) is 2.36. The molecule has 0 bridgehead atoms. The Labute approximate surface area is 138 Å². The molecule has 1 amide bonds. The van der Waals surface area contributed by atoms with Gasteiger partial charge in [0.15, 0.2) is 0 Å². The Kier molecular flexibility index (Phi) is 6.86. The third-order valence-corrected chi connectivity index (χ3v) is 3.64. The molecule has 21 heavy (non-hydrogen) atoms. The van der Waals surface area contributed by atoms with E-state index in [4.69, 9.17) is 9.47 Å². The van der Waals surface area contributed by atoms with E-state index in [1.807, 2.05) is 20.8 Å². The minimum absolute atomic E-state index is 0.286. The zero-order valence-electron chi connectivity index (χ0n) is 12.8. The Morgan fingerprint density at radius 2 is 2.05 bits per heavy atom. The molecule has 1 rings (SSSR count). The summed E-state index contributed by atoms with van der Waals surface area (Å²) in [6.45, 7) is 6.50. The fraction of sp³-hybridized carbons (Fsp3) is 0.533. The van der Waals surface area contributed by atoms with E-state index in [0.29, 0.717) is 13.2 Å². The maximum Gasteiger partial charge on any atom is 0.410 e. The van der Waals surface area contributed by atoms with Gasteiger partial charge in [-0.15, -0.1) is 0 Å². The summed E-state index contributed by atoms with van der Waals surface area (Å²) >= 11 is 2.12. The van der Waals surface area contributed by atoms with Crippen LogP contribution in [-0.2, 0) is 16.0 Å². The number of amides is 1. The molecule has 1 aromatic rings. The summed E-state index contributed by atoms with van der Waals surface area (Å²) in [5, 5.41) is 0. The molecule has 0 saturated carbocycles. The molecule has 0 atom stereocenters. The van der Waals surface area contributed by atoms with Crippen LogP contribution >= 0.6 is 22.6 Å². The van der Waals surface area contributed by atoms with Crippen LogP contribution in [0.3, 0.4) is 0 Å². The van der Waals surface area contributed by atoms with Gasteiger partial charge < -0.3 is 14.4 Å². The van der Waals surface area contributed by atoms with Gasteiger partial charge in [-0.2, -0.15) is 0 Å². The number of nitrogens with zero attached hydrogens (tertiary/aromatic N) is 1. The molecule has 0 unspecified atom stereocenters. The second-order valence-corrected chi connectivity index (χ2v) is 6.79. The van der Waals surface area contributed by atoms with Gasteiger partial charge in [-0.3, -0.25) is 0 Å². The van der Waals surface area contributed by atoms with E-state index in [2.05, 4.69) is 22.6 Å². The van der Waals surface area contributed by atoms with Crippen molar-refractivity contribution in [1.82, 2.24) is 4.90 Å². The molecule has 0 fully saturated rings. The first-order valence-electron chi connectivity index (χ1n) is 6.63. The van der Waals surface area contributed by atoms with E-state index in [1.165, 1.54) is 17.0 Å². The number of rotatable bonds is 5. The summed E-state index contributed by atoms with van der Waals surface area (Å²) < 4.78 is 24.7. The highest BCUT2D eigenvalue weighted by Gasteiger charge is 2.22. The summed E-state index contributed by atoms with van der Waals surface area (Å²) in [7, 11) is 1.57. The molecule has 0 aromatic heterocycles. The third-order valence-electron chi connectivity index (χ3n) is 2.59. The lowest BCUT2D eigenvalue weighted by Crippen LogP contribution is -2.38. The fourth-order valence-corrected chi connectivity index (χ4v) is 2.14. The predicted molar refractivity (Wildman–Crippen MR) is 87.6 cm³/mol. The molecule has 1 aromatic carbocycles. The first kappa shape index (κ1) is 18.2. The monoisotopic (exact) mass is 409 g/mol. The molecule has 0 N–H and O–H groups in total. The smallest absolute Gasteiger partial charge is 0.410 e. The van der Waals surface area contributed by atoms with Gasteiger partial charge in [-0.25, -0.2) is 9.18 Å². The van der Waals surface area contributed by atoms with E-state index >= 15 is 0 Å². The Balaban J connectivity index is 2.87. The Morgan fingerprint density at radius 1 is 1.38 bits per heavy atom. The van der Waals surface area contributed by atoms with Gasteiger partial charge in [0.25, 0.3) is 0 Å². The van der Waals surface area contributed by atoms with Gasteiger partial charge in [0.2, 0.25) is 0 Å². The van der Waals surface area contributed by atoms with Crippen molar-refractivity contribution >= 4 is 28.7 Å². The molecule has 6 heteroatoms. The first-order valence-corrected chi connectivity index (χ1v) is 7.71. The standard InChI is InChI=1S/C15H21FINO3/c1-15(2,3)21-14(19)18(7-8-20-4)10-11-9-12(16)5-6-13(11)17/h5-6,9H,7-8,10H2,1-4H3. The zero-order chi connectivity index (χ0) is 16.0. The maximum absolute atomic E-state index is 13.4. The molecule has 0 spiro atoms. The van der Waals surface area contributed by atoms with Crippen molar-refractivity contribution < 1.29 is 18.7 Å². The molecule has 0 aliphatic heterocycles. The number of benzene rings is 1. The normalized spacial score (nSPS) is 11.3. The largest absolute Gasteiger partial charge is 0.444 e. The van der Waals surface area contributed by atoms with Crippen LogP contribution in [0, 0.1) is 9.39 Å². The van der Waals surface area contributed by atoms with Crippen molar-refractivity contribution in [3.63, 3.8) is 0 Å². The minimum atomic E-state index is -0.572. The topological polar surface area (TPSA) is 38.8 Å². The Bertz CT molecular complexity index is 488. The van der Waals surface area contributed by atoms with Crippen LogP contribution in [0.5, 0.6) is 0 Å². The lowest BCUT2D eigenvalue weighted by atomic mass is 10.2. The molecule has 0 heterocycles. The van der Waals surface area contributed by atoms with E-state index in [-0.39, 0.29) is 12.4 Å².